The van der Waals surface area contributed by atoms with E-state index in [9.17, 15) is 9.59 Å². The molecule has 0 unspecified atom stereocenters. The van der Waals surface area contributed by atoms with E-state index >= 15 is 0 Å². The van der Waals surface area contributed by atoms with Gasteiger partial charge in [0, 0.05) is 5.69 Å². The standard InChI is InChI=1S/C18H19ClN2O4/c1-10-6-5-7-11(2)15(10)20-18(23)21-17(22)14-13(24-3)9-8-12(19)16(14)25-4/h5-9H,1-4H3,(H2,20,21,22,23). The van der Waals surface area contributed by atoms with Gasteiger partial charge in [0.15, 0.2) is 5.75 Å². The maximum atomic E-state index is 12.5. The third-order valence-corrected chi connectivity index (χ3v) is 3.97. The average Bonchev–Trinajstić information content (AvgIpc) is 2.57. The van der Waals surface area contributed by atoms with E-state index in [1.807, 2.05) is 32.0 Å². The van der Waals surface area contributed by atoms with Crippen molar-refractivity contribution in [2.45, 2.75) is 13.8 Å². The van der Waals surface area contributed by atoms with Crippen LogP contribution in [0.5, 0.6) is 11.5 Å². The van der Waals surface area contributed by atoms with E-state index in [1.54, 1.807) is 6.07 Å². The van der Waals surface area contributed by atoms with Crippen LogP contribution < -0.4 is 20.1 Å². The van der Waals surface area contributed by atoms with Crippen LogP contribution >= 0.6 is 11.6 Å². The van der Waals surface area contributed by atoms with Gasteiger partial charge in [-0.05, 0) is 37.1 Å². The number of benzene rings is 2. The number of ether oxygens (including phenoxy) is 2. The largest absolute Gasteiger partial charge is 0.496 e. The Labute approximate surface area is 151 Å². The summed E-state index contributed by atoms with van der Waals surface area (Å²) in [5, 5.41) is 5.19. The number of hydrogen-bond acceptors (Lipinski definition) is 4. The van der Waals surface area contributed by atoms with Crippen molar-refractivity contribution in [3.8, 4) is 11.5 Å². The van der Waals surface area contributed by atoms with E-state index in [1.165, 1.54) is 20.3 Å². The number of methoxy groups -OCH3 is 2. The summed E-state index contributed by atoms with van der Waals surface area (Å²) in [4.78, 5) is 24.8. The van der Waals surface area contributed by atoms with Crippen molar-refractivity contribution in [2.24, 2.45) is 0 Å². The van der Waals surface area contributed by atoms with Crippen LogP contribution in [0.1, 0.15) is 21.5 Å². The van der Waals surface area contributed by atoms with Crippen molar-refractivity contribution < 1.29 is 19.1 Å². The molecule has 0 fully saturated rings. The van der Waals surface area contributed by atoms with E-state index in [0.29, 0.717) is 5.69 Å². The van der Waals surface area contributed by atoms with Crippen LogP contribution in [0.3, 0.4) is 0 Å². The molecule has 0 aliphatic heterocycles. The van der Waals surface area contributed by atoms with Gasteiger partial charge in [-0.2, -0.15) is 0 Å². The summed E-state index contributed by atoms with van der Waals surface area (Å²) in [6, 6.07) is 8.05. The Morgan fingerprint density at radius 3 is 2.20 bits per heavy atom. The number of hydrogen-bond donors (Lipinski definition) is 2. The Balaban J connectivity index is 2.25. The number of nitrogens with one attached hydrogen (secondary N) is 2. The molecule has 0 spiro atoms. The van der Waals surface area contributed by atoms with Gasteiger partial charge in [-0.3, -0.25) is 10.1 Å². The van der Waals surface area contributed by atoms with Crippen LogP contribution in [0, 0.1) is 13.8 Å². The van der Waals surface area contributed by atoms with Gasteiger partial charge in [0.2, 0.25) is 0 Å². The zero-order valence-corrected chi connectivity index (χ0v) is 15.2. The number of para-hydroxylation sites is 1. The lowest BCUT2D eigenvalue weighted by Crippen LogP contribution is -2.35. The molecular weight excluding hydrogens is 344 g/mol. The van der Waals surface area contributed by atoms with Crippen LogP contribution in [0.15, 0.2) is 30.3 Å². The molecule has 0 aromatic heterocycles. The lowest BCUT2D eigenvalue weighted by Gasteiger charge is -2.15. The first-order valence-electron chi connectivity index (χ1n) is 7.48. The Kier molecular flexibility index (Phi) is 5.88. The molecule has 132 valence electrons. The molecule has 25 heavy (non-hydrogen) atoms. The first-order valence-corrected chi connectivity index (χ1v) is 7.85. The summed E-state index contributed by atoms with van der Waals surface area (Å²) in [6.07, 6.45) is 0. The minimum Gasteiger partial charge on any atom is -0.496 e. The molecule has 2 N–H and O–H groups in total. The van der Waals surface area contributed by atoms with Crippen LogP contribution in [0.2, 0.25) is 5.02 Å². The van der Waals surface area contributed by atoms with Crippen molar-refractivity contribution in [3.63, 3.8) is 0 Å². The van der Waals surface area contributed by atoms with Crippen LogP contribution in [0.25, 0.3) is 0 Å². The Hall–Kier alpha value is -2.73. The van der Waals surface area contributed by atoms with Crippen molar-refractivity contribution >= 4 is 29.2 Å². The Morgan fingerprint density at radius 1 is 1.00 bits per heavy atom. The molecule has 0 heterocycles. The Bertz CT molecular complexity index is 801. The summed E-state index contributed by atoms with van der Waals surface area (Å²) in [5.41, 5.74) is 2.48. The predicted octanol–water partition coefficient (Wildman–Crippen LogP) is 3.94. The molecule has 0 radical (unpaired) electrons. The quantitative estimate of drug-likeness (QED) is 0.863. The molecule has 2 rings (SSSR count). The second kappa shape index (κ2) is 7.90. The number of carbonyl (C=O) groups is 2. The van der Waals surface area contributed by atoms with Gasteiger partial charge in [0.05, 0.1) is 19.2 Å². The van der Waals surface area contributed by atoms with Crippen molar-refractivity contribution in [3.05, 3.63) is 52.0 Å². The molecule has 2 aromatic carbocycles. The zero-order valence-electron chi connectivity index (χ0n) is 14.4. The predicted molar refractivity (Wildman–Crippen MR) is 97.0 cm³/mol. The van der Waals surface area contributed by atoms with E-state index in [-0.39, 0.29) is 22.1 Å². The summed E-state index contributed by atoms with van der Waals surface area (Å²) in [7, 11) is 2.80. The van der Waals surface area contributed by atoms with Crippen molar-refractivity contribution in [1.29, 1.82) is 0 Å². The SMILES string of the molecule is COc1ccc(Cl)c(OC)c1C(=O)NC(=O)Nc1c(C)cccc1C. The van der Waals surface area contributed by atoms with Crippen LogP contribution in [0.4, 0.5) is 10.5 Å². The van der Waals surface area contributed by atoms with Crippen LogP contribution in [-0.4, -0.2) is 26.2 Å². The number of anilines is 1. The minimum atomic E-state index is -0.681. The smallest absolute Gasteiger partial charge is 0.326 e. The summed E-state index contributed by atoms with van der Waals surface area (Å²) < 4.78 is 10.3. The molecule has 6 nitrogen and oxygen atoms in total. The summed E-state index contributed by atoms with van der Waals surface area (Å²) in [5.74, 6) is -0.294. The van der Waals surface area contributed by atoms with Gasteiger partial charge < -0.3 is 14.8 Å². The molecule has 3 amide bonds. The molecule has 0 atom stereocenters. The van der Waals surface area contributed by atoms with Crippen molar-refractivity contribution in [1.82, 2.24) is 5.32 Å². The van der Waals surface area contributed by atoms with Gasteiger partial charge >= 0.3 is 6.03 Å². The van der Waals surface area contributed by atoms with Crippen molar-refractivity contribution in [2.75, 3.05) is 19.5 Å². The fourth-order valence-electron chi connectivity index (χ4n) is 2.45. The van der Waals surface area contributed by atoms with E-state index in [0.717, 1.165) is 11.1 Å². The highest BCUT2D eigenvalue weighted by Crippen LogP contribution is 2.35. The highest BCUT2D eigenvalue weighted by atomic mass is 35.5. The third kappa shape index (κ3) is 4.03. The number of aryl methyl sites for hydroxylation is 2. The monoisotopic (exact) mass is 362 g/mol. The summed E-state index contributed by atoms with van der Waals surface area (Å²) in [6.45, 7) is 3.74. The second-order valence-electron chi connectivity index (χ2n) is 5.33. The maximum absolute atomic E-state index is 12.5. The molecule has 0 saturated carbocycles. The second-order valence-corrected chi connectivity index (χ2v) is 5.74. The minimum absolute atomic E-state index is 0.0501. The molecule has 0 aliphatic rings. The highest BCUT2D eigenvalue weighted by molar-refractivity contribution is 6.33. The van der Waals surface area contributed by atoms with Gasteiger partial charge in [0.1, 0.15) is 11.3 Å². The Morgan fingerprint density at radius 2 is 1.64 bits per heavy atom. The molecular formula is C18H19ClN2O4. The lowest BCUT2D eigenvalue weighted by molar-refractivity contribution is 0.0961. The normalized spacial score (nSPS) is 10.1. The fraction of sp³-hybridized carbons (Fsp3) is 0.222. The number of amides is 3. The first-order chi connectivity index (χ1) is 11.9. The third-order valence-electron chi connectivity index (χ3n) is 3.67. The van der Waals surface area contributed by atoms with E-state index < -0.39 is 11.9 Å². The molecule has 0 aliphatic carbocycles. The number of imide groups is 1. The molecule has 0 bridgehead atoms. The molecule has 7 heteroatoms. The van der Waals surface area contributed by atoms with E-state index in [2.05, 4.69) is 10.6 Å². The molecule has 0 saturated heterocycles. The van der Waals surface area contributed by atoms with Gasteiger partial charge in [-0.15, -0.1) is 0 Å². The first kappa shape index (κ1) is 18.6. The zero-order chi connectivity index (χ0) is 18.6. The van der Waals surface area contributed by atoms with Crippen LogP contribution in [-0.2, 0) is 0 Å². The summed E-state index contributed by atoms with van der Waals surface area (Å²) >= 11 is 6.05. The lowest BCUT2D eigenvalue weighted by atomic mass is 10.1. The number of carbonyl (C=O) groups excluding carboxylic acids is 2. The number of halogens is 1. The highest BCUT2D eigenvalue weighted by Gasteiger charge is 2.23. The van der Waals surface area contributed by atoms with E-state index in [4.69, 9.17) is 21.1 Å². The maximum Gasteiger partial charge on any atom is 0.326 e. The average molecular weight is 363 g/mol. The molecule has 2 aromatic rings. The fourth-order valence-corrected chi connectivity index (χ4v) is 2.68. The van der Waals surface area contributed by atoms with Gasteiger partial charge in [-0.25, -0.2) is 4.79 Å². The van der Waals surface area contributed by atoms with Gasteiger partial charge in [0.25, 0.3) is 5.91 Å². The van der Waals surface area contributed by atoms with Gasteiger partial charge in [-0.1, -0.05) is 29.8 Å². The number of rotatable bonds is 4. The topological polar surface area (TPSA) is 76.7 Å². The number of urea groups is 1.